The van der Waals surface area contributed by atoms with Crippen molar-refractivity contribution < 1.29 is 19.4 Å². The maximum absolute atomic E-state index is 11.3. The lowest BCUT2D eigenvalue weighted by Crippen LogP contribution is -2.08. The Bertz CT molecular complexity index is 309. The normalized spacial score (nSPS) is 9.57. The molecule has 0 aromatic heterocycles. The van der Waals surface area contributed by atoms with Gasteiger partial charge in [0.1, 0.15) is 12.4 Å². The van der Waals surface area contributed by atoms with Crippen LogP contribution in [0.5, 0.6) is 5.75 Å². The van der Waals surface area contributed by atoms with Crippen molar-refractivity contribution >= 4 is 5.97 Å². The maximum atomic E-state index is 11.3. The quantitative estimate of drug-likeness (QED) is 0.725. The van der Waals surface area contributed by atoms with Gasteiger partial charge < -0.3 is 14.6 Å². The molecule has 1 N–H and O–H groups in total. The smallest absolute Gasteiger partial charge is 0.338 e. The minimum Gasteiger partial charge on any atom is -0.497 e. The molecule has 14 heavy (non-hydrogen) atoms. The van der Waals surface area contributed by atoms with E-state index in [-0.39, 0.29) is 13.2 Å². The standard InChI is InChI=1S/C10H12O4/c1-13-9-4-2-3-8(7-9)10(12)14-6-5-11/h2-4,7,11H,5-6H2,1H3. The molecule has 0 bridgehead atoms. The van der Waals surface area contributed by atoms with Crippen LogP contribution in [0.1, 0.15) is 10.4 Å². The molecular weight excluding hydrogens is 184 g/mol. The molecule has 1 rings (SSSR count). The first-order valence-electron chi connectivity index (χ1n) is 4.20. The highest BCUT2D eigenvalue weighted by Gasteiger charge is 2.06. The fraction of sp³-hybridized carbons (Fsp3) is 0.300. The number of aliphatic hydroxyl groups is 1. The van der Waals surface area contributed by atoms with Crippen molar-refractivity contribution in [1.29, 1.82) is 0 Å². The molecule has 0 atom stereocenters. The van der Waals surface area contributed by atoms with Gasteiger partial charge in [0.2, 0.25) is 0 Å². The molecule has 0 aliphatic heterocycles. The van der Waals surface area contributed by atoms with Gasteiger partial charge in [0.15, 0.2) is 0 Å². The van der Waals surface area contributed by atoms with Crippen LogP contribution in [0.15, 0.2) is 24.3 Å². The van der Waals surface area contributed by atoms with E-state index in [2.05, 4.69) is 0 Å². The number of aliphatic hydroxyl groups excluding tert-OH is 1. The molecule has 0 radical (unpaired) electrons. The zero-order chi connectivity index (χ0) is 10.4. The zero-order valence-corrected chi connectivity index (χ0v) is 7.90. The maximum Gasteiger partial charge on any atom is 0.338 e. The Morgan fingerprint density at radius 3 is 2.93 bits per heavy atom. The van der Waals surface area contributed by atoms with Gasteiger partial charge in [-0.15, -0.1) is 0 Å². The summed E-state index contributed by atoms with van der Waals surface area (Å²) in [5.74, 6) is 0.140. The van der Waals surface area contributed by atoms with Gasteiger partial charge in [-0.05, 0) is 18.2 Å². The summed E-state index contributed by atoms with van der Waals surface area (Å²) in [6.07, 6.45) is 0. The highest BCUT2D eigenvalue weighted by molar-refractivity contribution is 5.89. The first kappa shape index (κ1) is 10.5. The molecule has 76 valence electrons. The predicted octanol–water partition coefficient (Wildman–Crippen LogP) is 0.844. The molecule has 4 nitrogen and oxygen atoms in total. The van der Waals surface area contributed by atoms with Crippen molar-refractivity contribution in [2.75, 3.05) is 20.3 Å². The summed E-state index contributed by atoms with van der Waals surface area (Å²) in [4.78, 5) is 11.3. The third kappa shape index (κ3) is 2.74. The van der Waals surface area contributed by atoms with E-state index < -0.39 is 5.97 Å². The molecule has 0 saturated heterocycles. The number of hydrogen-bond donors (Lipinski definition) is 1. The molecule has 0 fully saturated rings. The van der Waals surface area contributed by atoms with Gasteiger partial charge in [0.25, 0.3) is 0 Å². The van der Waals surface area contributed by atoms with Crippen LogP contribution in [0, 0.1) is 0 Å². The lowest BCUT2D eigenvalue weighted by Gasteiger charge is -2.04. The number of benzene rings is 1. The van der Waals surface area contributed by atoms with Crippen LogP contribution < -0.4 is 4.74 Å². The Morgan fingerprint density at radius 2 is 2.29 bits per heavy atom. The van der Waals surface area contributed by atoms with Gasteiger partial charge in [0, 0.05) is 0 Å². The summed E-state index contributed by atoms with van der Waals surface area (Å²) >= 11 is 0. The Labute approximate surface area is 82.1 Å². The van der Waals surface area contributed by atoms with Crippen LogP contribution in [-0.4, -0.2) is 31.4 Å². The van der Waals surface area contributed by atoms with Gasteiger partial charge in [-0.3, -0.25) is 0 Å². The number of carbonyl (C=O) groups is 1. The van der Waals surface area contributed by atoms with Crippen molar-refractivity contribution in [1.82, 2.24) is 0 Å². The minimum absolute atomic E-state index is 0.00996. The van der Waals surface area contributed by atoms with Gasteiger partial charge in [-0.25, -0.2) is 4.79 Å². The summed E-state index contributed by atoms with van der Waals surface area (Å²) in [5.41, 5.74) is 0.415. The third-order valence-corrected chi connectivity index (χ3v) is 1.63. The monoisotopic (exact) mass is 196 g/mol. The van der Waals surface area contributed by atoms with E-state index in [1.54, 1.807) is 24.3 Å². The van der Waals surface area contributed by atoms with Crippen LogP contribution in [0.4, 0.5) is 0 Å². The molecule has 0 heterocycles. The van der Waals surface area contributed by atoms with Crippen molar-refractivity contribution in [2.24, 2.45) is 0 Å². The second-order valence-corrected chi connectivity index (χ2v) is 2.59. The minimum atomic E-state index is -0.460. The summed E-state index contributed by atoms with van der Waals surface area (Å²) < 4.78 is 9.68. The summed E-state index contributed by atoms with van der Waals surface area (Å²) in [5, 5.41) is 8.46. The third-order valence-electron chi connectivity index (χ3n) is 1.63. The Hall–Kier alpha value is -1.55. The number of esters is 1. The van der Waals surface area contributed by atoms with E-state index in [0.29, 0.717) is 11.3 Å². The Balaban J connectivity index is 2.69. The van der Waals surface area contributed by atoms with Crippen molar-refractivity contribution in [3.63, 3.8) is 0 Å². The summed E-state index contributed by atoms with van der Waals surface area (Å²) in [6, 6.07) is 6.65. The highest BCUT2D eigenvalue weighted by Crippen LogP contribution is 2.13. The van der Waals surface area contributed by atoms with Gasteiger partial charge in [0.05, 0.1) is 19.3 Å². The van der Waals surface area contributed by atoms with Gasteiger partial charge >= 0.3 is 5.97 Å². The zero-order valence-electron chi connectivity index (χ0n) is 7.90. The van der Waals surface area contributed by atoms with Crippen LogP contribution in [0.25, 0.3) is 0 Å². The van der Waals surface area contributed by atoms with Crippen LogP contribution >= 0.6 is 0 Å². The Morgan fingerprint density at radius 1 is 1.50 bits per heavy atom. The first-order chi connectivity index (χ1) is 6.77. The van der Waals surface area contributed by atoms with Crippen molar-refractivity contribution in [2.45, 2.75) is 0 Å². The molecular formula is C10H12O4. The number of methoxy groups -OCH3 is 1. The average molecular weight is 196 g/mol. The number of rotatable bonds is 4. The molecule has 0 amide bonds. The average Bonchev–Trinajstić information content (AvgIpc) is 2.26. The van der Waals surface area contributed by atoms with E-state index in [1.807, 2.05) is 0 Å². The van der Waals surface area contributed by atoms with Crippen LogP contribution in [-0.2, 0) is 4.74 Å². The fourth-order valence-corrected chi connectivity index (χ4v) is 0.972. The van der Waals surface area contributed by atoms with Gasteiger partial charge in [-0.1, -0.05) is 6.07 Å². The molecule has 4 heteroatoms. The van der Waals surface area contributed by atoms with E-state index in [1.165, 1.54) is 7.11 Å². The second-order valence-electron chi connectivity index (χ2n) is 2.59. The molecule has 0 unspecified atom stereocenters. The molecule has 0 spiro atoms. The van der Waals surface area contributed by atoms with Crippen molar-refractivity contribution in [3.8, 4) is 5.75 Å². The van der Waals surface area contributed by atoms with E-state index in [0.717, 1.165) is 0 Å². The molecule has 0 aliphatic rings. The number of carbonyl (C=O) groups excluding carboxylic acids is 1. The number of hydrogen-bond acceptors (Lipinski definition) is 4. The lowest BCUT2D eigenvalue weighted by molar-refractivity contribution is 0.0433. The topological polar surface area (TPSA) is 55.8 Å². The van der Waals surface area contributed by atoms with E-state index in [9.17, 15) is 4.79 Å². The molecule has 1 aromatic rings. The largest absolute Gasteiger partial charge is 0.497 e. The summed E-state index contributed by atoms with van der Waals surface area (Å²) in [6.45, 7) is -0.161. The molecule has 0 saturated carbocycles. The summed E-state index contributed by atoms with van der Waals surface area (Å²) in [7, 11) is 1.53. The Kier molecular flexibility index (Phi) is 3.94. The van der Waals surface area contributed by atoms with Crippen molar-refractivity contribution in [3.05, 3.63) is 29.8 Å². The van der Waals surface area contributed by atoms with Gasteiger partial charge in [-0.2, -0.15) is 0 Å². The fourth-order valence-electron chi connectivity index (χ4n) is 0.972. The first-order valence-corrected chi connectivity index (χ1v) is 4.20. The molecule has 0 aliphatic carbocycles. The highest BCUT2D eigenvalue weighted by atomic mass is 16.5. The van der Waals surface area contributed by atoms with E-state index >= 15 is 0 Å². The number of ether oxygens (including phenoxy) is 2. The lowest BCUT2D eigenvalue weighted by atomic mass is 10.2. The SMILES string of the molecule is COc1cccc(C(=O)OCCO)c1. The van der Waals surface area contributed by atoms with Crippen LogP contribution in [0.2, 0.25) is 0 Å². The second kappa shape index (κ2) is 5.24. The van der Waals surface area contributed by atoms with E-state index in [4.69, 9.17) is 14.6 Å². The predicted molar refractivity (Wildman–Crippen MR) is 50.4 cm³/mol. The van der Waals surface area contributed by atoms with Crippen LogP contribution in [0.3, 0.4) is 0 Å². The molecule has 1 aromatic carbocycles.